The standard InChI is InChI=1S/C21H24O4/c1-4-5-12-25-20-9-7-6-8-16(20)14-19(21(22)23)18-11-10-17(24-3)13-15(18)2/h6-11,13-14H,4-5,12H2,1-3H3,(H,22,23)/b19-14-. The highest BCUT2D eigenvalue weighted by atomic mass is 16.5. The first-order valence-corrected chi connectivity index (χ1v) is 8.38. The normalized spacial score (nSPS) is 11.2. The van der Waals surface area contributed by atoms with Crippen LogP contribution in [0.15, 0.2) is 42.5 Å². The van der Waals surface area contributed by atoms with E-state index in [0.717, 1.165) is 24.0 Å². The van der Waals surface area contributed by atoms with Crippen LogP contribution in [0.4, 0.5) is 0 Å². The quantitative estimate of drug-likeness (QED) is 0.426. The number of aryl methyl sites for hydroxylation is 1. The first-order chi connectivity index (χ1) is 12.1. The number of aliphatic carboxylic acids is 1. The number of carboxylic acid groups (broad SMARTS) is 1. The molecule has 4 nitrogen and oxygen atoms in total. The number of carbonyl (C=O) groups is 1. The van der Waals surface area contributed by atoms with Crippen LogP contribution in [-0.4, -0.2) is 24.8 Å². The van der Waals surface area contributed by atoms with E-state index in [1.54, 1.807) is 25.3 Å². The molecular formula is C21H24O4. The Bertz CT molecular complexity index is 762. The topological polar surface area (TPSA) is 55.8 Å². The average molecular weight is 340 g/mol. The van der Waals surface area contributed by atoms with E-state index >= 15 is 0 Å². The lowest BCUT2D eigenvalue weighted by Gasteiger charge is -2.12. The molecule has 2 rings (SSSR count). The van der Waals surface area contributed by atoms with Crippen LogP contribution in [0.5, 0.6) is 11.5 Å². The van der Waals surface area contributed by atoms with Crippen molar-refractivity contribution in [2.45, 2.75) is 26.7 Å². The van der Waals surface area contributed by atoms with Crippen LogP contribution in [-0.2, 0) is 4.79 Å². The third-order valence-corrected chi connectivity index (χ3v) is 3.93. The number of carboxylic acids is 1. The summed E-state index contributed by atoms with van der Waals surface area (Å²) in [6.07, 6.45) is 3.67. The molecule has 0 saturated heterocycles. The Morgan fingerprint density at radius 3 is 2.60 bits per heavy atom. The molecule has 0 saturated carbocycles. The van der Waals surface area contributed by atoms with Gasteiger partial charge in [-0.05, 0) is 48.7 Å². The zero-order valence-corrected chi connectivity index (χ0v) is 14.9. The molecule has 0 aromatic heterocycles. The molecule has 0 amide bonds. The van der Waals surface area contributed by atoms with Gasteiger partial charge in [-0.1, -0.05) is 37.6 Å². The zero-order valence-electron chi connectivity index (χ0n) is 14.9. The van der Waals surface area contributed by atoms with E-state index in [9.17, 15) is 9.90 Å². The van der Waals surface area contributed by atoms with Gasteiger partial charge in [-0.3, -0.25) is 0 Å². The smallest absolute Gasteiger partial charge is 0.336 e. The number of methoxy groups -OCH3 is 1. The van der Waals surface area contributed by atoms with Crippen LogP contribution < -0.4 is 9.47 Å². The maximum absolute atomic E-state index is 11.8. The molecule has 0 aliphatic heterocycles. The summed E-state index contributed by atoms with van der Waals surface area (Å²) in [5.74, 6) is 0.423. The molecule has 132 valence electrons. The van der Waals surface area contributed by atoms with Crippen molar-refractivity contribution in [3.05, 3.63) is 59.2 Å². The van der Waals surface area contributed by atoms with Gasteiger partial charge in [0.15, 0.2) is 0 Å². The first kappa shape index (κ1) is 18.6. The minimum absolute atomic E-state index is 0.228. The maximum atomic E-state index is 11.8. The van der Waals surface area contributed by atoms with Crippen molar-refractivity contribution in [1.29, 1.82) is 0 Å². The highest BCUT2D eigenvalue weighted by Crippen LogP contribution is 2.28. The lowest BCUT2D eigenvalue weighted by molar-refractivity contribution is -0.130. The largest absolute Gasteiger partial charge is 0.497 e. The summed E-state index contributed by atoms with van der Waals surface area (Å²) >= 11 is 0. The molecule has 0 aliphatic rings. The van der Waals surface area contributed by atoms with Crippen molar-refractivity contribution in [2.75, 3.05) is 13.7 Å². The number of hydrogen-bond acceptors (Lipinski definition) is 3. The van der Waals surface area contributed by atoms with Crippen LogP contribution in [0.3, 0.4) is 0 Å². The van der Waals surface area contributed by atoms with Gasteiger partial charge in [-0.15, -0.1) is 0 Å². The van der Waals surface area contributed by atoms with Crippen molar-refractivity contribution in [2.24, 2.45) is 0 Å². The lowest BCUT2D eigenvalue weighted by Crippen LogP contribution is -2.03. The van der Waals surface area contributed by atoms with E-state index in [1.807, 2.05) is 37.3 Å². The van der Waals surface area contributed by atoms with Crippen molar-refractivity contribution in [3.63, 3.8) is 0 Å². The van der Waals surface area contributed by atoms with Crippen LogP contribution in [0, 0.1) is 6.92 Å². The minimum Gasteiger partial charge on any atom is -0.497 e. The molecule has 2 aromatic carbocycles. The number of unbranched alkanes of at least 4 members (excludes halogenated alkanes) is 1. The molecular weight excluding hydrogens is 316 g/mol. The minimum atomic E-state index is -0.975. The lowest BCUT2D eigenvalue weighted by atomic mass is 9.98. The molecule has 2 aromatic rings. The molecule has 0 fully saturated rings. The summed E-state index contributed by atoms with van der Waals surface area (Å²) < 4.78 is 11.0. The Kier molecular flexibility index (Phi) is 6.63. The van der Waals surface area contributed by atoms with E-state index in [4.69, 9.17) is 9.47 Å². The van der Waals surface area contributed by atoms with E-state index in [2.05, 4.69) is 6.92 Å². The molecule has 1 N–H and O–H groups in total. The van der Waals surface area contributed by atoms with Crippen LogP contribution in [0.1, 0.15) is 36.5 Å². The van der Waals surface area contributed by atoms with Gasteiger partial charge in [-0.2, -0.15) is 0 Å². The fourth-order valence-electron chi connectivity index (χ4n) is 2.53. The molecule has 25 heavy (non-hydrogen) atoms. The van der Waals surface area contributed by atoms with Gasteiger partial charge in [0, 0.05) is 5.56 Å². The molecule has 0 heterocycles. The summed E-state index contributed by atoms with van der Waals surface area (Å²) in [6.45, 7) is 4.59. The highest BCUT2D eigenvalue weighted by Gasteiger charge is 2.15. The van der Waals surface area contributed by atoms with Crippen molar-refractivity contribution < 1.29 is 19.4 Å². The van der Waals surface area contributed by atoms with Crippen molar-refractivity contribution in [1.82, 2.24) is 0 Å². The molecule has 0 bridgehead atoms. The SMILES string of the molecule is CCCCOc1ccccc1/C=C(\C(=O)O)c1ccc(OC)cc1C. The van der Waals surface area contributed by atoms with Crippen LogP contribution >= 0.6 is 0 Å². The Balaban J connectivity index is 2.43. The molecule has 0 unspecified atom stereocenters. The molecule has 4 heteroatoms. The summed E-state index contributed by atoms with van der Waals surface area (Å²) in [4.78, 5) is 11.8. The fourth-order valence-corrected chi connectivity index (χ4v) is 2.53. The first-order valence-electron chi connectivity index (χ1n) is 8.38. The number of ether oxygens (including phenoxy) is 2. The maximum Gasteiger partial charge on any atom is 0.336 e. The molecule has 0 aliphatic carbocycles. The predicted octanol–water partition coefficient (Wildman–Crippen LogP) is 4.81. The molecule has 0 atom stereocenters. The van der Waals surface area contributed by atoms with Crippen molar-refractivity contribution >= 4 is 17.6 Å². The van der Waals surface area contributed by atoms with Crippen LogP contribution in [0.2, 0.25) is 0 Å². The van der Waals surface area contributed by atoms with Crippen LogP contribution in [0.25, 0.3) is 11.6 Å². The average Bonchev–Trinajstić information content (AvgIpc) is 2.61. The summed E-state index contributed by atoms with van der Waals surface area (Å²) in [5.41, 5.74) is 2.49. The van der Waals surface area contributed by atoms with Gasteiger partial charge in [0.2, 0.25) is 0 Å². The molecule has 0 spiro atoms. The number of hydrogen-bond donors (Lipinski definition) is 1. The fraction of sp³-hybridized carbons (Fsp3) is 0.286. The Morgan fingerprint density at radius 2 is 1.96 bits per heavy atom. The Hall–Kier alpha value is -2.75. The van der Waals surface area contributed by atoms with Crippen molar-refractivity contribution in [3.8, 4) is 11.5 Å². The third kappa shape index (κ3) is 4.86. The van der Waals surface area contributed by atoms with Gasteiger partial charge in [0.25, 0.3) is 0 Å². The molecule has 0 radical (unpaired) electrons. The second kappa shape index (κ2) is 8.92. The number of rotatable bonds is 8. The number of para-hydroxylation sites is 1. The summed E-state index contributed by atoms with van der Waals surface area (Å²) in [5, 5.41) is 9.70. The Morgan fingerprint density at radius 1 is 1.20 bits per heavy atom. The zero-order chi connectivity index (χ0) is 18.2. The van der Waals surface area contributed by atoms with Gasteiger partial charge >= 0.3 is 5.97 Å². The Labute approximate surface area is 148 Å². The van der Waals surface area contributed by atoms with Gasteiger partial charge < -0.3 is 14.6 Å². The van der Waals surface area contributed by atoms with E-state index < -0.39 is 5.97 Å². The third-order valence-electron chi connectivity index (χ3n) is 3.93. The van der Waals surface area contributed by atoms with E-state index in [-0.39, 0.29) is 5.57 Å². The van der Waals surface area contributed by atoms with Gasteiger partial charge in [0.05, 0.1) is 19.3 Å². The van der Waals surface area contributed by atoms with E-state index in [0.29, 0.717) is 23.7 Å². The number of benzene rings is 2. The van der Waals surface area contributed by atoms with Gasteiger partial charge in [0.1, 0.15) is 11.5 Å². The predicted molar refractivity (Wildman–Crippen MR) is 100 cm³/mol. The second-order valence-electron chi connectivity index (χ2n) is 5.78. The monoisotopic (exact) mass is 340 g/mol. The second-order valence-corrected chi connectivity index (χ2v) is 5.78. The van der Waals surface area contributed by atoms with E-state index in [1.165, 1.54) is 0 Å². The summed E-state index contributed by atoms with van der Waals surface area (Å²) in [7, 11) is 1.59. The van der Waals surface area contributed by atoms with Gasteiger partial charge in [-0.25, -0.2) is 4.79 Å². The highest BCUT2D eigenvalue weighted by molar-refractivity contribution is 6.21. The summed E-state index contributed by atoms with van der Waals surface area (Å²) in [6, 6.07) is 12.9.